The standard InChI is InChI=1S/C12H22N4O3/c1-9(17)16-5-4-15(8-11(18)14(2)3)6-10(7-16)12(13)19/h10H,4-8H2,1-3H3,(H2,13,19)/t10-/m1/s1. The maximum atomic E-state index is 11.7. The molecular formula is C12H22N4O3. The van der Waals surface area contributed by atoms with Crippen LogP contribution in [-0.4, -0.2) is 79.2 Å². The van der Waals surface area contributed by atoms with Crippen LogP contribution in [0.2, 0.25) is 0 Å². The van der Waals surface area contributed by atoms with Gasteiger partial charge in [0.2, 0.25) is 17.7 Å². The maximum absolute atomic E-state index is 11.7. The van der Waals surface area contributed by atoms with Gasteiger partial charge < -0.3 is 15.5 Å². The molecule has 0 saturated carbocycles. The first-order valence-electron chi connectivity index (χ1n) is 6.28. The second-order valence-corrected chi connectivity index (χ2v) is 5.09. The third kappa shape index (κ3) is 4.51. The predicted octanol–water partition coefficient (Wildman–Crippen LogP) is -1.66. The molecule has 7 nitrogen and oxygen atoms in total. The summed E-state index contributed by atoms with van der Waals surface area (Å²) < 4.78 is 0. The highest BCUT2D eigenvalue weighted by molar-refractivity contribution is 5.80. The Morgan fingerprint density at radius 2 is 1.84 bits per heavy atom. The van der Waals surface area contributed by atoms with Crippen molar-refractivity contribution in [1.29, 1.82) is 0 Å². The molecule has 0 spiro atoms. The molecule has 0 aromatic carbocycles. The van der Waals surface area contributed by atoms with Crippen molar-refractivity contribution in [2.45, 2.75) is 6.92 Å². The molecule has 1 aliphatic rings. The Labute approximate surface area is 113 Å². The van der Waals surface area contributed by atoms with Gasteiger partial charge in [-0.1, -0.05) is 0 Å². The van der Waals surface area contributed by atoms with Crippen LogP contribution >= 0.6 is 0 Å². The lowest BCUT2D eigenvalue weighted by molar-refractivity contribution is -0.131. The lowest BCUT2D eigenvalue weighted by Gasteiger charge is -2.23. The van der Waals surface area contributed by atoms with Gasteiger partial charge in [0.1, 0.15) is 0 Å². The van der Waals surface area contributed by atoms with Crippen LogP contribution in [0.25, 0.3) is 0 Å². The van der Waals surface area contributed by atoms with Gasteiger partial charge in [0.05, 0.1) is 12.5 Å². The molecule has 108 valence electrons. The van der Waals surface area contributed by atoms with E-state index in [1.807, 2.05) is 4.90 Å². The number of hydrogen-bond acceptors (Lipinski definition) is 4. The number of carbonyl (C=O) groups is 3. The average Bonchev–Trinajstić information content (AvgIpc) is 2.51. The minimum Gasteiger partial charge on any atom is -0.369 e. The van der Waals surface area contributed by atoms with Gasteiger partial charge in [0.15, 0.2) is 0 Å². The van der Waals surface area contributed by atoms with E-state index >= 15 is 0 Å². The largest absolute Gasteiger partial charge is 0.369 e. The summed E-state index contributed by atoms with van der Waals surface area (Å²) in [5.74, 6) is -0.969. The van der Waals surface area contributed by atoms with Crippen LogP contribution in [0.4, 0.5) is 0 Å². The number of amides is 3. The van der Waals surface area contributed by atoms with Gasteiger partial charge in [0.25, 0.3) is 0 Å². The smallest absolute Gasteiger partial charge is 0.236 e. The van der Waals surface area contributed by atoms with E-state index in [2.05, 4.69) is 0 Å². The van der Waals surface area contributed by atoms with Crippen LogP contribution in [0.1, 0.15) is 6.92 Å². The van der Waals surface area contributed by atoms with Gasteiger partial charge in [-0.05, 0) is 0 Å². The Morgan fingerprint density at radius 3 is 2.32 bits per heavy atom. The molecule has 0 unspecified atom stereocenters. The maximum Gasteiger partial charge on any atom is 0.236 e. The molecule has 1 heterocycles. The molecule has 3 amide bonds. The fourth-order valence-electron chi connectivity index (χ4n) is 2.02. The Hall–Kier alpha value is -1.63. The predicted molar refractivity (Wildman–Crippen MR) is 70.1 cm³/mol. The average molecular weight is 270 g/mol. The fraction of sp³-hybridized carbons (Fsp3) is 0.750. The van der Waals surface area contributed by atoms with Crippen molar-refractivity contribution in [1.82, 2.24) is 14.7 Å². The zero-order chi connectivity index (χ0) is 14.6. The van der Waals surface area contributed by atoms with E-state index in [0.717, 1.165) is 0 Å². The van der Waals surface area contributed by atoms with Crippen LogP contribution in [-0.2, 0) is 14.4 Å². The summed E-state index contributed by atoms with van der Waals surface area (Å²) in [5.41, 5.74) is 5.35. The number of rotatable bonds is 3. The van der Waals surface area contributed by atoms with Gasteiger partial charge in [-0.3, -0.25) is 19.3 Å². The minimum atomic E-state index is -0.435. The lowest BCUT2D eigenvalue weighted by Crippen LogP contribution is -2.42. The number of primary amides is 1. The Bertz CT molecular complexity index is 370. The zero-order valence-corrected chi connectivity index (χ0v) is 11.8. The Morgan fingerprint density at radius 1 is 1.21 bits per heavy atom. The lowest BCUT2D eigenvalue weighted by atomic mass is 10.1. The van der Waals surface area contributed by atoms with Gasteiger partial charge in [-0.15, -0.1) is 0 Å². The molecular weight excluding hydrogens is 248 g/mol. The van der Waals surface area contributed by atoms with E-state index < -0.39 is 11.8 Å². The SMILES string of the molecule is CC(=O)N1CCN(CC(=O)N(C)C)C[C@@H](C(N)=O)C1. The van der Waals surface area contributed by atoms with Crippen molar-refractivity contribution in [2.75, 3.05) is 46.8 Å². The van der Waals surface area contributed by atoms with Crippen molar-refractivity contribution >= 4 is 17.7 Å². The molecule has 1 atom stereocenters. The van der Waals surface area contributed by atoms with Crippen molar-refractivity contribution in [3.63, 3.8) is 0 Å². The van der Waals surface area contributed by atoms with Crippen molar-refractivity contribution in [2.24, 2.45) is 11.7 Å². The Balaban J connectivity index is 2.72. The number of nitrogens with zero attached hydrogens (tertiary/aromatic N) is 3. The summed E-state index contributed by atoms with van der Waals surface area (Å²) in [6.45, 7) is 3.54. The van der Waals surface area contributed by atoms with E-state index in [1.165, 1.54) is 11.8 Å². The second kappa shape index (κ2) is 6.51. The second-order valence-electron chi connectivity index (χ2n) is 5.09. The first-order valence-corrected chi connectivity index (χ1v) is 6.28. The first-order chi connectivity index (χ1) is 8.81. The molecule has 1 rings (SSSR count). The quantitative estimate of drug-likeness (QED) is 0.665. The number of hydrogen-bond donors (Lipinski definition) is 1. The van der Waals surface area contributed by atoms with Gasteiger partial charge in [0, 0.05) is 47.2 Å². The molecule has 19 heavy (non-hydrogen) atoms. The van der Waals surface area contributed by atoms with Crippen LogP contribution < -0.4 is 5.73 Å². The summed E-state index contributed by atoms with van der Waals surface area (Å²) in [6.07, 6.45) is 0. The molecule has 0 bridgehead atoms. The van der Waals surface area contributed by atoms with Gasteiger partial charge in [-0.2, -0.15) is 0 Å². The van der Waals surface area contributed by atoms with E-state index in [4.69, 9.17) is 5.73 Å². The molecule has 1 fully saturated rings. The minimum absolute atomic E-state index is 0.0282. The third-order valence-corrected chi connectivity index (χ3v) is 3.31. The highest BCUT2D eigenvalue weighted by Crippen LogP contribution is 2.10. The van der Waals surface area contributed by atoms with E-state index in [0.29, 0.717) is 26.2 Å². The van der Waals surface area contributed by atoms with Crippen LogP contribution in [0.3, 0.4) is 0 Å². The Kier molecular flexibility index (Phi) is 5.29. The molecule has 1 saturated heterocycles. The van der Waals surface area contributed by atoms with Crippen molar-refractivity contribution < 1.29 is 14.4 Å². The molecule has 2 N–H and O–H groups in total. The monoisotopic (exact) mass is 270 g/mol. The number of likely N-dealkylation sites (N-methyl/N-ethyl adjacent to an activating group) is 1. The molecule has 0 aromatic heterocycles. The van der Waals surface area contributed by atoms with Crippen molar-refractivity contribution in [3.8, 4) is 0 Å². The van der Waals surface area contributed by atoms with Crippen LogP contribution in [0, 0.1) is 5.92 Å². The van der Waals surface area contributed by atoms with E-state index in [9.17, 15) is 14.4 Å². The summed E-state index contributed by atoms with van der Waals surface area (Å²) in [6, 6.07) is 0. The number of carbonyl (C=O) groups excluding carboxylic acids is 3. The highest BCUT2D eigenvalue weighted by atomic mass is 16.2. The van der Waals surface area contributed by atoms with Gasteiger partial charge >= 0.3 is 0 Å². The summed E-state index contributed by atoms with van der Waals surface area (Å²) in [4.78, 5) is 39.5. The normalized spacial score (nSPS) is 20.8. The molecule has 0 aliphatic carbocycles. The highest BCUT2D eigenvalue weighted by Gasteiger charge is 2.28. The van der Waals surface area contributed by atoms with Crippen LogP contribution in [0.5, 0.6) is 0 Å². The first kappa shape index (κ1) is 15.4. The third-order valence-electron chi connectivity index (χ3n) is 3.31. The number of nitrogens with two attached hydrogens (primary N) is 1. The van der Waals surface area contributed by atoms with Crippen molar-refractivity contribution in [3.05, 3.63) is 0 Å². The van der Waals surface area contributed by atoms with E-state index in [-0.39, 0.29) is 18.4 Å². The van der Waals surface area contributed by atoms with Crippen LogP contribution in [0.15, 0.2) is 0 Å². The zero-order valence-electron chi connectivity index (χ0n) is 11.8. The molecule has 0 aromatic rings. The fourth-order valence-corrected chi connectivity index (χ4v) is 2.02. The summed E-state index contributed by atoms with van der Waals surface area (Å²) in [7, 11) is 3.38. The summed E-state index contributed by atoms with van der Waals surface area (Å²) >= 11 is 0. The molecule has 1 aliphatic heterocycles. The van der Waals surface area contributed by atoms with Gasteiger partial charge in [-0.25, -0.2) is 0 Å². The molecule has 7 heteroatoms. The topological polar surface area (TPSA) is 87.0 Å². The summed E-state index contributed by atoms with van der Waals surface area (Å²) in [5, 5.41) is 0. The molecule has 0 radical (unpaired) electrons. The van der Waals surface area contributed by atoms with E-state index in [1.54, 1.807) is 19.0 Å².